The van der Waals surface area contributed by atoms with E-state index < -0.39 is 6.36 Å². The third-order valence-electron chi connectivity index (χ3n) is 7.28. The lowest BCUT2D eigenvalue weighted by Gasteiger charge is -2.41. The maximum atomic E-state index is 12.9. The minimum Gasteiger partial charge on any atom is -0.406 e. The van der Waals surface area contributed by atoms with Gasteiger partial charge in [-0.25, -0.2) is 9.83 Å². The van der Waals surface area contributed by atoms with Crippen LogP contribution in [-0.2, 0) is 7.05 Å². The largest absolute Gasteiger partial charge is 0.573 e. The van der Waals surface area contributed by atoms with Gasteiger partial charge in [-0.05, 0) is 77.0 Å². The zero-order chi connectivity index (χ0) is 25.7. The molecule has 1 spiro atoms. The molecule has 2 saturated heterocycles. The van der Waals surface area contributed by atoms with Crippen molar-refractivity contribution in [2.75, 3.05) is 36.0 Å². The van der Waals surface area contributed by atoms with Gasteiger partial charge in [-0.3, -0.25) is 4.79 Å². The van der Waals surface area contributed by atoms with E-state index in [1.54, 1.807) is 25.2 Å². The van der Waals surface area contributed by atoms with E-state index in [1.165, 1.54) is 16.7 Å². The molecule has 0 radical (unpaired) electrons. The van der Waals surface area contributed by atoms with Gasteiger partial charge in [0.2, 0.25) is 0 Å². The Bertz CT molecular complexity index is 1410. The fourth-order valence-corrected chi connectivity index (χ4v) is 5.69. The van der Waals surface area contributed by atoms with E-state index in [9.17, 15) is 18.0 Å². The molecular weight excluding hydrogens is 539 g/mol. The highest BCUT2D eigenvalue weighted by Gasteiger charge is 2.41. The van der Waals surface area contributed by atoms with Gasteiger partial charge in [0.25, 0.3) is 11.2 Å². The highest BCUT2D eigenvalue weighted by atomic mass is 79.9. The molecule has 2 aliphatic rings. The molecule has 0 saturated carbocycles. The Morgan fingerprint density at radius 3 is 2.31 bits per heavy atom. The number of aromatic nitrogens is 2. The van der Waals surface area contributed by atoms with Crippen LogP contribution < -0.4 is 20.1 Å². The van der Waals surface area contributed by atoms with Crippen molar-refractivity contribution >= 4 is 44.0 Å². The molecule has 188 valence electrons. The Hall–Kier alpha value is -3.26. The Morgan fingerprint density at radius 1 is 1.06 bits per heavy atom. The molecule has 1 aromatic carbocycles. The van der Waals surface area contributed by atoms with Crippen LogP contribution in [0.25, 0.3) is 15.9 Å². The van der Waals surface area contributed by atoms with E-state index in [4.69, 9.17) is 6.57 Å². The van der Waals surface area contributed by atoms with Crippen molar-refractivity contribution in [1.82, 2.24) is 9.55 Å². The molecular formula is C25H23BrF3N5O2. The molecule has 11 heteroatoms. The van der Waals surface area contributed by atoms with Gasteiger partial charge >= 0.3 is 6.36 Å². The lowest BCUT2D eigenvalue weighted by molar-refractivity contribution is -0.274. The number of pyridine rings is 2. The third kappa shape index (κ3) is 4.50. The fraction of sp³-hybridized carbons (Fsp3) is 0.400. The van der Waals surface area contributed by atoms with Crippen LogP contribution in [0, 0.1) is 12.0 Å². The van der Waals surface area contributed by atoms with E-state index in [0.29, 0.717) is 34.4 Å². The van der Waals surface area contributed by atoms with E-state index in [1.807, 2.05) is 6.07 Å². The summed E-state index contributed by atoms with van der Waals surface area (Å²) in [6.45, 7) is 10.7. The number of ether oxygens (including phenoxy) is 1. The summed E-state index contributed by atoms with van der Waals surface area (Å²) < 4.78 is 43.4. The lowest BCUT2D eigenvalue weighted by Crippen LogP contribution is -2.42. The molecule has 2 aromatic heterocycles. The predicted molar refractivity (Wildman–Crippen MR) is 135 cm³/mol. The number of piperidine rings is 1. The molecule has 0 unspecified atom stereocenters. The second-order valence-corrected chi connectivity index (χ2v) is 10.2. The number of hydrogen-bond acceptors (Lipinski definition) is 5. The third-order valence-corrected chi connectivity index (χ3v) is 7.72. The molecule has 7 nitrogen and oxygen atoms in total. The van der Waals surface area contributed by atoms with Crippen LogP contribution in [0.3, 0.4) is 0 Å². The van der Waals surface area contributed by atoms with E-state index in [0.717, 1.165) is 38.0 Å². The first-order chi connectivity index (χ1) is 17.1. The van der Waals surface area contributed by atoms with Crippen molar-refractivity contribution in [3.05, 3.63) is 62.8 Å². The summed E-state index contributed by atoms with van der Waals surface area (Å²) in [6.07, 6.45) is -1.99. The van der Waals surface area contributed by atoms with Gasteiger partial charge in [-0.15, -0.1) is 13.2 Å². The van der Waals surface area contributed by atoms with Crippen LogP contribution in [0.1, 0.15) is 19.3 Å². The van der Waals surface area contributed by atoms with Crippen LogP contribution >= 0.6 is 15.9 Å². The maximum Gasteiger partial charge on any atom is 0.573 e. The summed E-state index contributed by atoms with van der Waals surface area (Å²) in [5.74, 6) is -0.231. The molecule has 0 atom stereocenters. The van der Waals surface area contributed by atoms with Crippen LogP contribution in [0.4, 0.5) is 30.2 Å². The average molecular weight is 562 g/mol. The molecule has 0 N–H and O–H groups in total. The molecule has 36 heavy (non-hydrogen) atoms. The topological polar surface area (TPSA) is 55.0 Å². The summed E-state index contributed by atoms with van der Waals surface area (Å²) in [7, 11) is 1.65. The minimum absolute atomic E-state index is 0.0689. The van der Waals surface area contributed by atoms with E-state index >= 15 is 0 Å². The van der Waals surface area contributed by atoms with Crippen LogP contribution in [0.2, 0.25) is 0 Å². The highest BCUT2D eigenvalue weighted by Crippen LogP contribution is 2.45. The molecule has 4 heterocycles. The summed E-state index contributed by atoms with van der Waals surface area (Å²) in [5.41, 5.74) is 2.58. The van der Waals surface area contributed by atoms with Gasteiger partial charge in [-0.2, -0.15) is 0 Å². The molecule has 0 amide bonds. The standard InChI is InChI=1S/C25H23BrF3N5O2/c1-30-21-22(20-18(32(2)23(21)35)7-8-19(26)31-20)33-12-9-24(10-13-33)11-14-34(15-24)16-3-5-17(6-4-16)36-25(27,28)29/h3-8H,9-15H2,2H3. The predicted octanol–water partition coefficient (Wildman–Crippen LogP) is 5.64. The Morgan fingerprint density at radius 2 is 1.69 bits per heavy atom. The normalized spacial score (nSPS) is 17.6. The van der Waals surface area contributed by atoms with Gasteiger partial charge in [0.05, 0.1) is 17.8 Å². The van der Waals surface area contributed by atoms with Crippen molar-refractivity contribution in [2.45, 2.75) is 25.6 Å². The minimum atomic E-state index is -4.71. The van der Waals surface area contributed by atoms with Crippen LogP contribution in [-0.4, -0.2) is 42.1 Å². The number of nitrogens with zero attached hydrogens (tertiary/aromatic N) is 5. The van der Waals surface area contributed by atoms with Gasteiger partial charge < -0.3 is 19.1 Å². The summed E-state index contributed by atoms with van der Waals surface area (Å²) >= 11 is 3.41. The molecule has 0 aliphatic carbocycles. The summed E-state index contributed by atoms with van der Waals surface area (Å²) in [5, 5.41) is 0. The maximum absolute atomic E-state index is 12.9. The van der Waals surface area contributed by atoms with Gasteiger partial charge in [0, 0.05) is 38.9 Å². The van der Waals surface area contributed by atoms with E-state index in [2.05, 4.69) is 40.3 Å². The second kappa shape index (κ2) is 9.00. The van der Waals surface area contributed by atoms with Crippen LogP contribution in [0.5, 0.6) is 5.75 Å². The quantitative estimate of drug-likeness (QED) is 0.306. The Balaban J connectivity index is 1.35. The van der Waals surface area contributed by atoms with Crippen LogP contribution in [0.15, 0.2) is 45.8 Å². The number of benzene rings is 1. The molecule has 5 rings (SSSR count). The zero-order valence-electron chi connectivity index (χ0n) is 19.5. The average Bonchev–Trinajstić information content (AvgIpc) is 3.25. The Labute approximate surface area is 214 Å². The van der Waals surface area contributed by atoms with Gasteiger partial charge in [-0.1, -0.05) is 0 Å². The summed E-state index contributed by atoms with van der Waals surface area (Å²) in [4.78, 5) is 25.4. The summed E-state index contributed by atoms with van der Waals surface area (Å²) in [6, 6.07) is 9.61. The number of rotatable bonds is 3. The molecule has 0 bridgehead atoms. The number of anilines is 2. The van der Waals surface area contributed by atoms with Crippen molar-refractivity contribution in [3.63, 3.8) is 0 Å². The number of halogens is 4. The number of fused-ring (bicyclic) bond motifs is 1. The Kier molecular flexibility index (Phi) is 6.11. The van der Waals surface area contributed by atoms with Crippen molar-refractivity contribution in [1.29, 1.82) is 0 Å². The smallest absolute Gasteiger partial charge is 0.406 e. The van der Waals surface area contributed by atoms with Gasteiger partial charge in [0.15, 0.2) is 0 Å². The fourth-order valence-electron chi connectivity index (χ4n) is 5.38. The number of aryl methyl sites for hydroxylation is 1. The van der Waals surface area contributed by atoms with Crippen molar-refractivity contribution in [3.8, 4) is 5.75 Å². The zero-order valence-corrected chi connectivity index (χ0v) is 21.1. The number of alkyl halides is 3. The first kappa shape index (κ1) is 24.4. The first-order valence-electron chi connectivity index (χ1n) is 11.5. The lowest BCUT2D eigenvalue weighted by atomic mass is 9.77. The van der Waals surface area contributed by atoms with E-state index in [-0.39, 0.29) is 22.4 Å². The molecule has 2 fully saturated rings. The monoisotopic (exact) mass is 561 g/mol. The highest BCUT2D eigenvalue weighted by molar-refractivity contribution is 9.10. The molecule has 2 aliphatic heterocycles. The van der Waals surface area contributed by atoms with Gasteiger partial charge in [0.1, 0.15) is 15.9 Å². The number of hydrogen-bond donors (Lipinski definition) is 0. The SMILES string of the molecule is [C-]#[N+]c1c(N2CCC3(CCN(c4ccc(OC(F)(F)F)cc4)C3)CC2)c2nc(Br)ccc2n(C)c1=O. The molecule has 3 aromatic rings. The first-order valence-corrected chi connectivity index (χ1v) is 12.3. The second-order valence-electron chi connectivity index (χ2n) is 9.38. The van der Waals surface area contributed by atoms with Crippen molar-refractivity contribution < 1.29 is 17.9 Å². The van der Waals surface area contributed by atoms with Crippen molar-refractivity contribution in [2.24, 2.45) is 12.5 Å².